The molecule has 1 aromatic heterocycles. The fraction of sp³-hybridized carbons (Fsp3) is 0.600. The summed E-state index contributed by atoms with van der Waals surface area (Å²) in [4.78, 5) is 19.0. The SMILES string of the molecule is CCCN(CCC)C(=O)c1ccnc(NCCC2=CCCCC2)c1. The molecule has 1 N–H and O–H groups in total. The van der Waals surface area contributed by atoms with Crippen LogP contribution in [0.3, 0.4) is 0 Å². The predicted octanol–water partition coefficient (Wildman–Crippen LogP) is 4.65. The van der Waals surface area contributed by atoms with Crippen molar-refractivity contribution in [3.05, 3.63) is 35.5 Å². The summed E-state index contributed by atoms with van der Waals surface area (Å²) >= 11 is 0. The van der Waals surface area contributed by atoms with E-state index in [0.29, 0.717) is 0 Å². The van der Waals surface area contributed by atoms with E-state index in [0.717, 1.165) is 50.3 Å². The third-order valence-electron chi connectivity index (χ3n) is 4.42. The first kappa shape index (κ1) is 18.5. The van der Waals surface area contributed by atoms with Crippen LogP contribution in [0.5, 0.6) is 0 Å². The Morgan fingerprint density at radius 3 is 2.71 bits per heavy atom. The van der Waals surface area contributed by atoms with Crippen molar-refractivity contribution in [3.8, 4) is 0 Å². The number of hydrogen-bond acceptors (Lipinski definition) is 3. The minimum atomic E-state index is 0.110. The van der Waals surface area contributed by atoms with Crippen LogP contribution in [0, 0.1) is 0 Å². The van der Waals surface area contributed by atoms with Gasteiger partial charge >= 0.3 is 0 Å². The normalized spacial score (nSPS) is 14.2. The molecule has 0 radical (unpaired) electrons. The number of pyridine rings is 1. The van der Waals surface area contributed by atoms with E-state index in [1.54, 1.807) is 11.8 Å². The Kier molecular flexibility index (Phi) is 7.80. The Morgan fingerprint density at radius 1 is 1.25 bits per heavy atom. The number of carbonyl (C=O) groups is 1. The van der Waals surface area contributed by atoms with E-state index < -0.39 is 0 Å². The highest BCUT2D eigenvalue weighted by atomic mass is 16.2. The monoisotopic (exact) mass is 329 g/mol. The minimum absolute atomic E-state index is 0.110. The van der Waals surface area contributed by atoms with E-state index in [9.17, 15) is 4.79 Å². The Hall–Kier alpha value is -1.84. The Bertz CT molecular complexity index is 548. The summed E-state index contributed by atoms with van der Waals surface area (Å²) in [5.74, 6) is 0.907. The largest absolute Gasteiger partial charge is 0.370 e. The van der Waals surface area contributed by atoms with E-state index in [1.165, 1.54) is 25.7 Å². The van der Waals surface area contributed by atoms with E-state index in [4.69, 9.17) is 0 Å². The lowest BCUT2D eigenvalue weighted by molar-refractivity contribution is 0.0755. The number of amides is 1. The molecule has 0 bridgehead atoms. The van der Waals surface area contributed by atoms with Crippen LogP contribution in [-0.4, -0.2) is 35.4 Å². The maximum Gasteiger partial charge on any atom is 0.254 e. The van der Waals surface area contributed by atoms with Gasteiger partial charge in [0.2, 0.25) is 0 Å². The molecule has 0 fully saturated rings. The average Bonchev–Trinajstić information content (AvgIpc) is 2.62. The van der Waals surface area contributed by atoms with Gasteiger partial charge in [0.15, 0.2) is 0 Å². The van der Waals surface area contributed by atoms with E-state index in [2.05, 4.69) is 30.2 Å². The number of allylic oxidation sites excluding steroid dienone is 1. The van der Waals surface area contributed by atoms with Crippen LogP contribution in [0.4, 0.5) is 5.82 Å². The maximum absolute atomic E-state index is 12.7. The van der Waals surface area contributed by atoms with Crippen molar-refractivity contribution < 1.29 is 4.79 Å². The zero-order valence-corrected chi connectivity index (χ0v) is 15.2. The van der Waals surface area contributed by atoms with E-state index in [-0.39, 0.29) is 5.91 Å². The topological polar surface area (TPSA) is 45.2 Å². The highest BCUT2D eigenvalue weighted by molar-refractivity contribution is 5.94. The molecule has 2 rings (SSSR count). The summed E-state index contributed by atoms with van der Waals surface area (Å²) < 4.78 is 0. The predicted molar refractivity (Wildman–Crippen MR) is 100 cm³/mol. The lowest BCUT2D eigenvalue weighted by Gasteiger charge is -2.21. The van der Waals surface area contributed by atoms with Crippen LogP contribution in [0.2, 0.25) is 0 Å². The lowest BCUT2D eigenvalue weighted by Crippen LogP contribution is -2.32. The molecule has 0 aromatic carbocycles. The van der Waals surface area contributed by atoms with Crippen molar-refractivity contribution >= 4 is 11.7 Å². The molecule has 0 saturated carbocycles. The van der Waals surface area contributed by atoms with Gasteiger partial charge in [-0.3, -0.25) is 4.79 Å². The number of hydrogen-bond donors (Lipinski definition) is 1. The molecule has 4 heteroatoms. The third kappa shape index (κ3) is 5.66. The molecule has 1 aliphatic rings. The van der Waals surface area contributed by atoms with Crippen LogP contribution in [-0.2, 0) is 0 Å². The number of nitrogens with one attached hydrogen (secondary N) is 1. The lowest BCUT2D eigenvalue weighted by atomic mass is 9.97. The average molecular weight is 329 g/mol. The fourth-order valence-electron chi connectivity index (χ4n) is 3.18. The standard InChI is InChI=1S/C20H31N3O/c1-3-14-23(15-4-2)20(24)18-11-13-22-19(16-18)21-12-10-17-8-6-5-7-9-17/h8,11,13,16H,3-7,9-10,12,14-15H2,1-2H3,(H,21,22). The van der Waals surface area contributed by atoms with E-state index in [1.807, 2.05) is 17.0 Å². The van der Waals surface area contributed by atoms with Gasteiger partial charge in [0.25, 0.3) is 5.91 Å². The highest BCUT2D eigenvalue weighted by Gasteiger charge is 2.14. The van der Waals surface area contributed by atoms with E-state index >= 15 is 0 Å². The summed E-state index contributed by atoms with van der Waals surface area (Å²) in [5, 5.41) is 3.37. The van der Waals surface area contributed by atoms with Gasteiger partial charge in [-0.15, -0.1) is 0 Å². The second-order valence-corrected chi connectivity index (χ2v) is 6.51. The van der Waals surface area contributed by atoms with Crippen molar-refractivity contribution in [2.24, 2.45) is 0 Å². The molecule has 0 spiro atoms. The molecule has 0 unspecified atom stereocenters. The van der Waals surface area contributed by atoms with Gasteiger partial charge in [0.1, 0.15) is 5.82 Å². The summed E-state index contributed by atoms with van der Waals surface area (Å²) in [6.07, 6.45) is 12.2. The molecule has 0 saturated heterocycles. The molecule has 132 valence electrons. The van der Waals surface area contributed by atoms with Crippen molar-refractivity contribution in [2.75, 3.05) is 25.0 Å². The van der Waals surface area contributed by atoms with Crippen LogP contribution < -0.4 is 5.32 Å². The highest BCUT2D eigenvalue weighted by Crippen LogP contribution is 2.20. The molecule has 1 aliphatic carbocycles. The quantitative estimate of drug-likeness (QED) is 0.671. The van der Waals surface area contributed by atoms with Crippen LogP contribution >= 0.6 is 0 Å². The summed E-state index contributed by atoms with van der Waals surface area (Å²) in [6, 6.07) is 3.70. The van der Waals surface area contributed by atoms with Crippen molar-refractivity contribution in [1.82, 2.24) is 9.88 Å². The van der Waals surface area contributed by atoms with Crippen LogP contribution in [0.15, 0.2) is 30.0 Å². The number of anilines is 1. The smallest absolute Gasteiger partial charge is 0.254 e. The molecular formula is C20H31N3O. The molecule has 24 heavy (non-hydrogen) atoms. The zero-order chi connectivity index (χ0) is 17.2. The van der Waals surface area contributed by atoms with Gasteiger partial charge in [-0.1, -0.05) is 25.5 Å². The molecule has 1 aromatic rings. The summed E-state index contributed by atoms with van der Waals surface area (Å²) in [7, 11) is 0. The second-order valence-electron chi connectivity index (χ2n) is 6.51. The van der Waals surface area contributed by atoms with Gasteiger partial charge < -0.3 is 10.2 Å². The van der Waals surface area contributed by atoms with Crippen molar-refractivity contribution in [2.45, 2.75) is 58.8 Å². The van der Waals surface area contributed by atoms with Crippen LogP contribution in [0.1, 0.15) is 69.2 Å². The Morgan fingerprint density at radius 2 is 2.04 bits per heavy atom. The zero-order valence-electron chi connectivity index (χ0n) is 15.2. The molecule has 0 atom stereocenters. The third-order valence-corrected chi connectivity index (χ3v) is 4.42. The first-order valence-electron chi connectivity index (χ1n) is 9.41. The minimum Gasteiger partial charge on any atom is -0.370 e. The molecule has 1 heterocycles. The molecule has 0 aliphatic heterocycles. The first-order chi connectivity index (χ1) is 11.7. The van der Waals surface area contributed by atoms with Gasteiger partial charge in [-0.05, 0) is 57.1 Å². The van der Waals surface area contributed by atoms with Gasteiger partial charge in [-0.2, -0.15) is 0 Å². The molecule has 1 amide bonds. The van der Waals surface area contributed by atoms with Gasteiger partial charge in [-0.25, -0.2) is 4.98 Å². The van der Waals surface area contributed by atoms with Crippen LogP contribution in [0.25, 0.3) is 0 Å². The second kappa shape index (κ2) is 10.1. The number of aromatic nitrogens is 1. The first-order valence-corrected chi connectivity index (χ1v) is 9.41. The van der Waals surface area contributed by atoms with Crippen molar-refractivity contribution in [3.63, 3.8) is 0 Å². The van der Waals surface area contributed by atoms with Gasteiger partial charge in [0, 0.05) is 31.4 Å². The maximum atomic E-state index is 12.7. The molecular weight excluding hydrogens is 298 g/mol. The Labute approximate surface area is 146 Å². The fourth-order valence-corrected chi connectivity index (χ4v) is 3.18. The van der Waals surface area contributed by atoms with Gasteiger partial charge in [0.05, 0.1) is 0 Å². The number of rotatable bonds is 9. The summed E-state index contributed by atoms with van der Waals surface area (Å²) in [6.45, 7) is 6.72. The number of nitrogens with zero attached hydrogens (tertiary/aromatic N) is 2. The Balaban J connectivity index is 1.92. The summed E-state index contributed by atoms with van der Waals surface area (Å²) in [5.41, 5.74) is 2.28. The number of carbonyl (C=O) groups excluding carboxylic acids is 1. The molecule has 4 nitrogen and oxygen atoms in total. The van der Waals surface area contributed by atoms with Crippen molar-refractivity contribution in [1.29, 1.82) is 0 Å².